The van der Waals surface area contributed by atoms with E-state index < -0.39 is 15.9 Å². The second kappa shape index (κ2) is 7.88. The molecule has 1 atom stereocenters. The van der Waals surface area contributed by atoms with Gasteiger partial charge in [0.2, 0.25) is 11.0 Å². The Balaban J connectivity index is 1.42. The van der Waals surface area contributed by atoms with E-state index in [0.29, 0.717) is 36.6 Å². The van der Waals surface area contributed by atoms with E-state index in [1.165, 1.54) is 10.4 Å². The van der Waals surface area contributed by atoms with Crippen LogP contribution in [-0.2, 0) is 21.4 Å². The molecule has 3 aromatic rings. The lowest BCUT2D eigenvalue weighted by Crippen LogP contribution is -2.45. The lowest BCUT2D eigenvalue weighted by molar-refractivity contribution is -0.126. The number of aromatic amines is 1. The molecule has 0 aliphatic carbocycles. The van der Waals surface area contributed by atoms with Gasteiger partial charge >= 0.3 is 0 Å². The Bertz CT molecular complexity index is 1080. The molecular formula is C19H22N4O5S. The SMILES string of the molecule is Cc1ccc(CNC(=O)[C@@H]2CCCN(S(=O)(=O)c3ccc(-c4ccn[nH]4)o3)C2)o1. The number of carbonyl (C=O) groups excluding carboxylic acids is 1. The minimum atomic E-state index is -3.83. The number of amides is 1. The predicted octanol–water partition coefficient (Wildman–Crippen LogP) is 2.29. The maximum atomic E-state index is 13.0. The molecule has 0 radical (unpaired) electrons. The van der Waals surface area contributed by atoms with Crippen LogP contribution in [-0.4, -0.2) is 41.9 Å². The average molecular weight is 418 g/mol. The van der Waals surface area contributed by atoms with E-state index in [-0.39, 0.29) is 24.1 Å². The number of nitrogens with one attached hydrogen (secondary N) is 2. The van der Waals surface area contributed by atoms with Crippen LogP contribution in [0.2, 0.25) is 0 Å². The molecule has 0 unspecified atom stereocenters. The third-order valence-corrected chi connectivity index (χ3v) is 6.67. The van der Waals surface area contributed by atoms with Crippen LogP contribution in [0.3, 0.4) is 0 Å². The van der Waals surface area contributed by atoms with Crippen molar-refractivity contribution >= 4 is 15.9 Å². The molecular weight excluding hydrogens is 396 g/mol. The molecule has 10 heteroatoms. The summed E-state index contributed by atoms with van der Waals surface area (Å²) in [6.07, 6.45) is 2.79. The first-order valence-corrected chi connectivity index (χ1v) is 10.8. The quantitative estimate of drug-likeness (QED) is 0.633. The standard InChI is InChI=1S/C19H22N4O5S/c1-13-4-5-15(27-13)11-20-19(24)14-3-2-10-23(12-14)29(25,26)18-7-6-17(28-18)16-8-9-21-22-16/h4-9,14H,2-3,10-12H2,1H3,(H,20,24)(H,21,22)/t14-/m1/s1. The molecule has 1 fully saturated rings. The van der Waals surface area contributed by atoms with E-state index in [1.807, 2.05) is 13.0 Å². The van der Waals surface area contributed by atoms with Gasteiger partial charge in [-0.2, -0.15) is 9.40 Å². The highest BCUT2D eigenvalue weighted by Gasteiger charge is 2.35. The number of H-pyrrole nitrogens is 1. The topological polar surface area (TPSA) is 121 Å². The van der Waals surface area contributed by atoms with E-state index in [2.05, 4.69) is 15.5 Å². The Hall–Kier alpha value is -2.85. The number of sulfonamides is 1. The largest absolute Gasteiger partial charge is 0.465 e. The van der Waals surface area contributed by atoms with Crippen LogP contribution < -0.4 is 5.32 Å². The van der Waals surface area contributed by atoms with Crippen molar-refractivity contribution in [2.24, 2.45) is 5.92 Å². The van der Waals surface area contributed by atoms with Gasteiger partial charge in [-0.05, 0) is 50.1 Å². The number of carbonyl (C=O) groups is 1. The normalized spacial score (nSPS) is 18.0. The van der Waals surface area contributed by atoms with E-state index >= 15 is 0 Å². The third kappa shape index (κ3) is 4.13. The summed E-state index contributed by atoms with van der Waals surface area (Å²) < 4.78 is 38.3. The van der Waals surface area contributed by atoms with Crippen LogP contribution in [0.1, 0.15) is 24.4 Å². The smallest absolute Gasteiger partial charge is 0.276 e. The van der Waals surface area contributed by atoms with Crippen molar-refractivity contribution in [1.29, 1.82) is 0 Å². The number of nitrogens with zero attached hydrogens (tertiary/aromatic N) is 2. The zero-order valence-electron chi connectivity index (χ0n) is 15.9. The summed E-state index contributed by atoms with van der Waals surface area (Å²) in [4.78, 5) is 12.5. The molecule has 9 nitrogen and oxygen atoms in total. The van der Waals surface area contributed by atoms with Gasteiger partial charge in [0.15, 0.2) is 5.76 Å². The number of aryl methyl sites for hydroxylation is 1. The number of hydrogen-bond donors (Lipinski definition) is 2. The summed E-state index contributed by atoms with van der Waals surface area (Å²) in [5, 5.41) is 9.25. The fourth-order valence-corrected chi connectivity index (χ4v) is 4.83. The van der Waals surface area contributed by atoms with Gasteiger partial charge in [0.1, 0.15) is 17.2 Å². The lowest BCUT2D eigenvalue weighted by atomic mass is 9.99. The minimum absolute atomic E-state index is 0.117. The third-order valence-electron chi connectivity index (χ3n) is 4.93. The highest BCUT2D eigenvalue weighted by molar-refractivity contribution is 7.89. The Morgan fingerprint density at radius 2 is 2.14 bits per heavy atom. The summed E-state index contributed by atoms with van der Waals surface area (Å²) in [5.41, 5.74) is 0.593. The molecule has 0 bridgehead atoms. The molecule has 4 heterocycles. The average Bonchev–Trinajstić information content (AvgIpc) is 3.47. The highest BCUT2D eigenvalue weighted by Crippen LogP contribution is 2.28. The Morgan fingerprint density at radius 1 is 1.28 bits per heavy atom. The van der Waals surface area contributed by atoms with Crippen molar-refractivity contribution in [1.82, 2.24) is 19.8 Å². The number of aromatic nitrogens is 2. The number of furan rings is 2. The maximum Gasteiger partial charge on any atom is 0.276 e. The van der Waals surface area contributed by atoms with Crippen LogP contribution in [0.4, 0.5) is 0 Å². The summed E-state index contributed by atoms with van der Waals surface area (Å²) in [5.74, 6) is 1.23. The zero-order valence-corrected chi connectivity index (χ0v) is 16.7. The van der Waals surface area contributed by atoms with Crippen LogP contribution in [0, 0.1) is 12.8 Å². The van der Waals surface area contributed by atoms with Gasteiger partial charge in [0, 0.05) is 19.3 Å². The van der Waals surface area contributed by atoms with E-state index in [1.54, 1.807) is 24.4 Å². The molecule has 154 valence electrons. The second-order valence-electron chi connectivity index (χ2n) is 7.02. The number of piperidine rings is 1. The molecule has 0 saturated carbocycles. The van der Waals surface area contributed by atoms with Crippen molar-refractivity contribution in [2.45, 2.75) is 31.4 Å². The van der Waals surface area contributed by atoms with Crippen molar-refractivity contribution in [2.75, 3.05) is 13.1 Å². The molecule has 1 saturated heterocycles. The fourth-order valence-electron chi connectivity index (χ4n) is 3.40. The monoisotopic (exact) mass is 418 g/mol. The van der Waals surface area contributed by atoms with Crippen molar-refractivity contribution in [3.63, 3.8) is 0 Å². The van der Waals surface area contributed by atoms with Gasteiger partial charge in [-0.25, -0.2) is 8.42 Å². The van der Waals surface area contributed by atoms with Crippen molar-refractivity contribution in [3.8, 4) is 11.5 Å². The zero-order chi connectivity index (χ0) is 20.4. The second-order valence-corrected chi connectivity index (χ2v) is 8.89. The van der Waals surface area contributed by atoms with Gasteiger partial charge in [-0.3, -0.25) is 9.89 Å². The minimum Gasteiger partial charge on any atom is -0.465 e. The summed E-state index contributed by atoms with van der Waals surface area (Å²) in [6.45, 7) is 2.58. The Kier molecular flexibility index (Phi) is 5.29. The van der Waals surface area contributed by atoms with E-state index in [4.69, 9.17) is 8.83 Å². The summed E-state index contributed by atoms with van der Waals surface area (Å²) in [7, 11) is -3.83. The van der Waals surface area contributed by atoms with Crippen LogP contribution in [0.15, 0.2) is 50.5 Å². The molecule has 2 N–H and O–H groups in total. The van der Waals surface area contributed by atoms with Gasteiger partial charge in [-0.15, -0.1) is 0 Å². The van der Waals surface area contributed by atoms with Gasteiger partial charge in [0.05, 0.1) is 12.5 Å². The van der Waals surface area contributed by atoms with Crippen LogP contribution in [0.5, 0.6) is 0 Å². The molecule has 29 heavy (non-hydrogen) atoms. The Morgan fingerprint density at radius 3 is 2.86 bits per heavy atom. The molecule has 3 aromatic heterocycles. The molecule has 1 aliphatic rings. The van der Waals surface area contributed by atoms with Crippen LogP contribution >= 0.6 is 0 Å². The lowest BCUT2D eigenvalue weighted by Gasteiger charge is -2.30. The van der Waals surface area contributed by atoms with Gasteiger partial charge in [-0.1, -0.05) is 0 Å². The fraction of sp³-hybridized carbons (Fsp3) is 0.368. The summed E-state index contributed by atoms with van der Waals surface area (Å²) in [6, 6.07) is 8.34. The number of hydrogen-bond acceptors (Lipinski definition) is 6. The van der Waals surface area contributed by atoms with E-state index in [0.717, 1.165) is 5.76 Å². The Labute approximate surface area is 168 Å². The first-order valence-electron chi connectivity index (χ1n) is 9.36. The number of rotatable bonds is 6. The van der Waals surface area contributed by atoms with Crippen molar-refractivity contribution in [3.05, 3.63) is 48.0 Å². The maximum absolute atomic E-state index is 13.0. The molecule has 0 spiro atoms. The molecule has 1 amide bonds. The summed E-state index contributed by atoms with van der Waals surface area (Å²) >= 11 is 0. The predicted molar refractivity (Wildman–Crippen MR) is 103 cm³/mol. The van der Waals surface area contributed by atoms with Crippen LogP contribution in [0.25, 0.3) is 11.5 Å². The van der Waals surface area contributed by atoms with Gasteiger partial charge in [0.25, 0.3) is 10.0 Å². The first kappa shape index (κ1) is 19.5. The molecule has 0 aromatic carbocycles. The highest BCUT2D eigenvalue weighted by atomic mass is 32.2. The molecule has 4 rings (SSSR count). The van der Waals surface area contributed by atoms with Gasteiger partial charge < -0.3 is 14.2 Å². The van der Waals surface area contributed by atoms with E-state index in [9.17, 15) is 13.2 Å². The first-order chi connectivity index (χ1) is 13.9. The molecule has 1 aliphatic heterocycles. The van der Waals surface area contributed by atoms with Crippen molar-refractivity contribution < 1.29 is 22.0 Å².